The fourth-order valence-corrected chi connectivity index (χ4v) is 2.86. The predicted molar refractivity (Wildman–Crippen MR) is 82.5 cm³/mol. The highest BCUT2D eigenvalue weighted by Gasteiger charge is 2.38. The lowest BCUT2D eigenvalue weighted by Gasteiger charge is -2.32. The van der Waals surface area contributed by atoms with E-state index in [4.69, 9.17) is 0 Å². The molecule has 1 saturated heterocycles. The van der Waals surface area contributed by atoms with Gasteiger partial charge in [0.2, 0.25) is 5.91 Å². The quantitative estimate of drug-likeness (QED) is 0.895. The summed E-state index contributed by atoms with van der Waals surface area (Å²) in [5, 5.41) is 3.38. The van der Waals surface area contributed by atoms with E-state index >= 15 is 0 Å². The number of carbonyl (C=O) groups is 1. The Morgan fingerprint density at radius 2 is 2.05 bits per heavy atom. The summed E-state index contributed by atoms with van der Waals surface area (Å²) in [4.78, 5) is 14.8. The molecule has 3 heteroatoms. The van der Waals surface area contributed by atoms with Crippen LogP contribution >= 0.6 is 0 Å². The number of amides is 1. The molecule has 1 amide bonds. The van der Waals surface area contributed by atoms with Crippen molar-refractivity contribution in [1.82, 2.24) is 10.2 Å². The third-order valence-electron chi connectivity index (χ3n) is 4.12. The Balaban J connectivity index is 2.10. The minimum atomic E-state index is -0.361. The van der Waals surface area contributed by atoms with Crippen molar-refractivity contribution in [3.8, 4) is 0 Å². The first-order valence-corrected chi connectivity index (χ1v) is 7.65. The first-order chi connectivity index (χ1) is 9.55. The second kappa shape index (κ2) is 6.40. The first kappa shape index (κ1) is 15.0. The summed E-state index contributed by atoms with van der Waals surface area (Å²) >= 11 is 0. The lowest BCUT2D eigenvalue weighted by molar-refractivity contribution is -0.137. The number of hydrogen-bond donors (Lipinski definition) is 1. The molecule has 0 saturated carbocycles. The maximum atomic E-state index is 12.8. The molecule has 1 aromatic rings. The van der Waals surface area contributed by atoms with E-state index in [1.54, 1.807) is 0 Å². The highest BCUT2D eigenvalue weighted by atomic mass is 16.2. The molecule has 2 rings (SSSR count). The zero-order valence-electron chi connectivity index (χ0n) is 12.9. The molecule has 1 fully saturated rings. The molecule has 0 bridgehead atoms. The van der Waals surface area contributed by atoms with Crippen LogP contribution in [0.15, 0.2) is 24.3 Å². The van der Waals surface area contributed by atoms with Crippen molar-refractivity contribution >= 4 is 5.91 Å². The van der Waals surface area contributed by atoms with Gasteiger partial charge in [-0.25, -0.2) is 0 Å². The third-order valence-corrected chi connectivity index (χ3v) is 4.12. The molecule has 1 unspecified atom stereocenters. The van der Waals surface area contributed by atoms with Crippen LogP contribution in [0, 0.1) is 6.92 Å². The van der Waals surface area contributed by atoms with Gasteiger partial charge in [-0.3, -0.25) is 4.79 Å². The van der Waals surface area contributed by atoms with Gasteiger partial charge in [0.1, 0.15) is 0 Å². The Kier molecular flexibility index (Phi) is 4.81. The smallest absolute Gasteiger partial charge is 0.242 e. The highest BCUT2D eigenvalue weighted by molar-refractivity contribution is 5.86. The van der Waals surface area contributed by atoms with Crippen LogP contribution < -0.4 is 5.32 Å². The van der Waals surface area contributed by atoms with Crippen LogP contribution in [0.3, 0.4) is 0 Å². The SMILES string of the molecule is CCCN(Cc1ccc(C)cc1)C(=O)C1(C)CCCN1. The van der Waals surface area contributed by atoms with Gasteiger partial charge in [-0.2, -0.15) is 0 Å². The van der Waals surface area contributed by atoms with Gasteiger partial charge >= 0.3 is 0 Å². The van der Waals surface area contributed by atoms with Crippen molar-refractivity contribution < 1.29 is 4.79 Å². The van der Waals surface area contributed by atoms with Crippen molar-refractivity contribution in [2.45, 2.75) is 52.1 Å². The largest absolute Gasteiger partial charge is 0.337 e. The van der Waals surface area contributed by atoms with Crippen molar-refractivity contribution in [3.63, 3.8) is 0 Å². The van der Waals surface area contributed by atoms with Gasteiger partial charge in [0.15, 0.2) is 0 Å². The third kappa shape index (κ3) is 3.40. The van der Waals surface area contributed by atoms with Gasteiger partial charge in [0.25, 0.3) is 0 Å². The molecule has 1 aliphatic rings. The van der Waals surface area contributed by atoms with Crippen LogP contribution in [0.5, 0.6) is 0 Å². The van der Waals surface area contributed by atoms with E-state index in [9.17, 15) is 4.79 Å². The summed E-state index contributed by atoms with van der Waals surface area (Å²) < 4.78 is 0. The van der Waals surface area contributed by atoms with E-state index in [0.29, 0.717) is 6.54 Å². The minimum Gasteiger partial charge on any atom is -0.337 e. The number of rotatable bonds is 5. The second-order valence-corrected chi connectivity index (χ2v) is 6.07. The molecule has 0 aromatic heterocycles. The Bertz CT molecular complexity index is 447. The van der Waals surface area contributed by atoms with E-state index in [0.717, 1.165) is 32.4 Å². The molecule has 110 valence electrons. The number of nitrogens with zero attached hydrogens (tertiary/aromatic N) is 1. The molecule has 1 atom stereocenters. The fourth-order valence-electron chi connectivity index (χ4n) is 2.86. The van der Waals surface area contributed by atoms with Crippen molar-refractivity contribution in [1.29, 1.82) is 0 Å². The van der Waals surface area contributed by atoms with Crippen LogP contribution in [0.2, 0.25) is 0 Å². The second-order valence-electron chi connectivity index (χ2n) is 6.07. The Morgan fingerprint density at radius 3 is 2.60 bits per heavy atom. The van der Waals surface area contributed by atoms with Gasteiger partial charge in [-0.1, -0.05) is 36.8 Å². The summed E-state index contributed by atoms with van der Waals surface area (Å²) in [6.07, 6.45) is 3.03. The number of nitrogens with one attached hydrogen (secondary N) is 1. The number of carbonyl (C=O) groups excluding carboxylic acids is 1. The van der Waals surface area contributed by atoms with Crippen LogP contribution in [-0.4, -0.2) is 29.4 Å². The Morgan fingerprint density at radius 1 is 1.35 bits per heavy atom. The maximum absolute atomic E-state index is 12.8. The monoisotopic (exact) mass is 274 g/mol. The zero-order valence-corrected chi connectivity index (χ0v) is 12.9. The van der Waals surface area contributed by atoms with Gasteiger partial charge in [-0.05, 0) is 45.2 Å². The van der Waals surface area contributed by atoms with Crippen molar-refractivity contribution in [2.75, 3.05) is 13.1 Å². The van der Waals surface area contributed by atoms with E-state index in [1.807, 2.05) is 11.8 Å². The number of benzene rings is 1. The summed E-state index contributed by atoms with van der Waals surface area (Å²) in [5.41, 5.74) is 2.10. The van der Waals surface area contributed by atoms with Gasteiger partial charge in [0, 0.05) is 13.1 Å². The van der Waals surface area contributed by atoms with E-state index in [-0.39, 0.29) is 11.4 Å². The van der Waals surface area contributed by atoms with E-state index in [2.05, 4.69) is 43.4 Å². The van der Waals surface area contributed by atoms with E-state index in [1.165, 1.54) is 11.1 Å². The van der Waals surface area contributed by atoms with Crippen LogP contribution in [-0.2, 0) is 11.3 Å². The molecule has 1 N–H and O–H groups in total. The summed E-state index contributed by atoms with van der Waals surface area (Å²) in [6.45, 7) is 8.74. The Labute approximate surface area is 122 Å². The fraction of sp³-hybridized carbons (Fsp3) is 0.588. The van der Waals surface area contributed by atoms with Crippen molar-refractivity contribution in [2.24, 2.45) is 0 Å². The average molecular weight is 274 g/mol. The van der Waals surface area contributed by atoms with Gasteiger partial charge in [-0.15, -0.1) is 0 Å². The molecule has 0 radical (unpaired) electrons. The normalized spacial score (nSPS) is 21.9. The van der Waals surface area contributed by atoms with Crippen LogP contribution in [0.25, 0.3) is 0 Å². The number of aryl methyl sites for hydroxylation is 1. The molecule has 0 aliphatic carbocycles. The lowest BCUT2D eigenvalue weighted by Crippen LogP contribution is -2.52. The molecule has 20 heavy (non-hydrogen) atoms. The molecular formula is C17H26N2O. The predicted octanol–water partition coefficient (Wildman–Crippen LogP) is 2.88. The van der Waals surface area contributed by atoms with Crippen LogP contribution in [0.1, 0.15) is 44.2 Å². The van der Waals surface area contributed by atoms with E-state index < -0.39 is 0 Å². The lowest BCUT2D eigenvalue weighted by atomic mass is 9.98. The topological polar surface area (TPSA) is 32.3 Å². The summed E-state index contributed by atoms with van der Waals surface area (Å²) in [7, 11) is 0. The van der Waals surface area contributed by atoms with Gasteiger partial charge in [0.05, 0.1) is 5.54 Å². The summed E-state index contributed by atoms with van der Waals surface area (Å²) in [5.74, 6) is 0.248. The molecule has 1 heterocycles. The highest BCUT2D eigenvalue weighted by Crippen LogP contribution is 2.22. The molecule has 0 spiro atoms. The molecule has 1 aromatic carbocycles. The minimum absolute atomic E-state index is 0.248. The van der Waals surface area contributed by atoms with Gasteiger partial charge < -0.3 is 10.2 Å². The first-order valence-electron chi connectivity index (χ1n) is 7.65. The molecule has 1 aliphatic heterocycles. The number of hydrogen-bond acceptors (Lipinski definition) is 2. The maximum Gasteiger partial charge on any atom is 0.242 e. The zero-order chi connectivity index (χ0) is 14.6. The molecule has 3 nitrogen and oxygen atoms in total. The van der Waals surface area contributed by atoms with Crippen molar-refractivity contribution in [3.05, 3.63) is 35.4 Å². The van der Waals surface area contributed by atoms with Crippen LogP contribution in [0.4, 0.5) is 0 Å². The summed E-state index contributed by atoms with van der Waals surface area (Å²) in [6, 6.07) is 8.46. The molecular weight excluding hydrogens is 248 g/mol. The average Bonchev–Trinajstić information content (AvgIpc) is 2.88. The Hall–Kier alpha value is -1.35. The standard InChI is InChI=1S/C17H26N2O/c1-4-12-19(13-15-8-6-14(2)7-9-15)16(20)17(3)10-5-11-18-17/h6-9,18H,4-5,10-13H2,1-3H3.